The maximum Gasteiger partial charge on any atom is 0.253 e. The molecule has 1 saturated heterocycles. The lowest BCUT2D eigenvalue weighted by Gasteiger charge is -2.33. The Kier molecular flexibility index (Phi) is 5.64. The van der Waals surface area contributed by atoms with Crippen LogP contribution >= 0.6 is 0 Å². The molecule has 3 aromatic rings. The van der Waals surface area contributed by atoms with Crippen LogP contribution in [0.2, 0.25) is 0 Å². The fourth-order valence-corrected chi connectivity index (χ4v) is 3.90. The van der Waals surface area contributed by atoms with Crippen LogP contribution in [0.4, 0.5) is 8.78 Å². The van der Waals surface area contributed by atoms with Crippen LogP contribution in [0.25, 0.3) is 11.4 Å². The molecule has 0 radical (unpaired) electrons. The predicted molar refractivity (Wildman–Crippen MR) is 105 cm³/mol. The molecule has 29 heavy (non-hydrogen) atoms. The van der Waals surface area contributed by atoms with Crippen molar-refractivity contribution in [2.45, 2.75) is 25.7 Å². The molecule has 7 heteroatoms. The highest BCUT2D eigenvalue weighted by atomic mass is 19.1. The van der Waals surface area contributed by atoms with E-state index >= 15 is 0 Å². The summed E-state index contributed by atoms with van der Waals surface area (Å²) < 4.78 is 27.7. The van der Waals surface area contributed by atoms with Crippen LogP contribution in [0, 0.1) is 17.6 Å². The number of amides is 1. The number of piperidine rings is 1. The highest BCUT2D eigenvalue weighted by Crippen LogP contribution is 2.25. The minimum Gasteiger partial charge on any atom is -0.338 e. The number of carbonyl (C=O) groups excluding carboxylic acids is 1. The van der Waals surface area contributed by atoms with Gasteiger partial charge < -0.3 is 4.90 Å². The molecule has 1 atom stereocenters. The monoisotopic (exact) mass is 396 g/mol. The predicted octanol–water partition coefficient (Wildman–Crippen LogP) is 4.23. The average Bonchev–Trinajstić information content (AvgIpc) is 3.28. The van der Waals surface area contributed by atoms with E-state index in [0.717, 1.165) is 18.4 Å². The molecule has 0 spiro atoms. The summed E-state index contributed by atoms with van der Waals surface area (Å²) in [6.45, 7) is 1.31. The number of nitrogens with zero attached hydrogens (tertiary/aromatic N) is 3. The first kappa shape index (κ1) is 19.2. The maximum atomic E-state index is 13.9. The van der Waals surface area contributed by atoms with Crippen molar-refractivity contribution in [3.8, 4) is 11.4 Å². The average molecular weight is 396 g/mol. The number of likely N-dealkylation sites (tertiary alicyclic amines) is 1. The van der Waals surface area contributed by atoms with E-state index in [9.17, 15) is 13.6 Å². The maximum absolute atomic E-state index is 13.9. The van der Waals surface area contributed by atoms with E-state index < -0.39 is 11.6 Å². The molecule has 1 N–H and O–H groups in total. The molecule has 0 saturated carbocycles. The lowest BCUT2D eigenvalue weighted by atomic mass is 9.91. The number of nitrogens with one attached hydrogen (secondary N) is 1. The summed E-state index contributed by atoms with van der Waals surface area (Å²) in [6, 6.07) is 11.2. The van der Waals surface area contributed by atoms with E-state index in [1.807, 2.05) is 17.0 Å². The molecule has 1 aliphatic heterocycles. The van der Waals surface area contributed by atoms with Gasteiger partial charge in [-0.1, -0.05) is 18.2 Å². The molecular formula is C22H22F2N4O. The number of H-pyrrole nitrogens is 1. The Bertz CT molecular complexity index is 953. The van der Waals surface area contributed by atoms with Crippen LogP contribution in [-0.4, -0.2) is 39.1 Å². The summed E-state index contributed by atoms with van der Waals surface area (Å²) in [5, 5.41) is 6.63. The van der Waals surface area contributed by atoms with Gasteiger partial charge in [-0.15, -0.1) is 0 Å². The van der Waals surface area contributed by atoms with Crippen LogP contribution in [0.15, 0.2) is 48.8 Å². The summed E-state index contributed by atoms with van der Waals surface area (Å²) in [4.78, 5) is 18.8. The van der Waals surface area contributed by atoms with Crippen molar-refractivity contribution in [2.75, 3.05) is 13.1 Å². The molecule has 1 aliphatic rings. The summed E-state index contributed by atoms with van der Waals surface area (Å²) in [7, 11) is 0. The zero-order chi connectivity index (χ0) is 20.2. The second kappa shape index (κ2) is 8.51. The van der Waals surface area contributed by atoms with E-state index in [1.54, 1.807) is 12.1 Å². The number of benzene rings is 2. The molecule has 2 aromatic carbocycles. The quantitative estimate of drug-likeness (QED) is 0.702. The lowest BCUT2D eigenvalue weighted by Crippen LogP contribution is -2.40. The van der Waals surface area contributed by atoms with Crippen molar-refractivity contribution in [1.82, 2.24) is 20.1 Å². The molecule has 0 aliphatic carbocycles. The van der Waals surface area contributed by atoms with Crippen molar-refractivity contribution >= 4 is 5.91 Å². The Morgan fingerprint density at radius 1 is 1.14 bits per heavy atom. The first-order valence-electron chi connectivity index (χ1n) is 9.80. The first-order chi connectivity index (χ1) is 14.1. The number of carbonyl (C=O) groups is 1. The highest BCUT2D eigenvalue weighted by molar-refractivity contribution is 5.94. The Morgan fingerprint density at radius 3 is 2.59 bits per heavy atom. The smallest absolute Gasteiger partial charge is 0.253 e. The second-order valence-electron chi connectivity index (χ2n) is 7.41. The van der Waals surface area contributed by atoms with Gasteiger partial charge in [-0.3, -0.25) is 9.89 Å². The number of aromatic amines is 1. The first-order valence-corrected chi connectivity index (χ1v) is 9.80. The molecule has 1 amide bonds. The largest absolute Gasteiger partial charge is 0.338 e. The third kappa shape index (κ3) is 4.34. The van der Waals surface area contributed by atoms with Crippen LogP contribution in [0.1, 0.15) is 35.2 Å². The van der Waals surface area contributed by atoms with Gasteiger partial charge in [0.05, 0.1) is 0 Å². The summed E-state index contributed by atoms with van der Waals surface area (Å²) in [6.07, 6.45) is 4.30. The third-order valence-corrected chi connectivity index (χ3v) is 5.49. The molecule has 150 valence electrons. The zero-order valence-corrected chi connectivity index (χ0v) is 15.9. The number of halogens is 2. The van der Waals surface area contributed by atoms with Gasteiger partial charge in [0.25, 0.3) is 5.91 Å². The van der Waals surface area contributed by atoms with Crippen LogP contribution in [-0.2, 0) is 6.42 Å². The van der Waals surface area contributed by atoms with E-state index in [2.05, 4.69) is 15.2 Å². The topological polar surface area (TPSA) is 61.9 Å². The molecule has 5 nitrogen and oxygen atoms in total. The van der Waals surface area contributed by atoms with Gasteiger partial charge in [-0.25, -0.2) is 13.8 Å². The standard InChI is InChI=1S/C22H22F2N4O/c23-19-4-1-5-20(24)18(19)11-6-15-3-2-12-28(13-15)22(29)17-9-7-16(8-10-17)21-25-14-26-27-21/h1,4-5,7-10,14-15H,2-3,6,11-13H2,(H,25,26,27). The molecule has 0 bridgehead atoms. The van der Waals surface area contributed by atoms with Crippen LogP contribution < -0.4 is 0 Å². The minimum absolute atomic E-state index is 0.0177. The molecule has 2 heterocycles. The second-order valence-corrected chi connectivity index (χ2v) is 7.41. The number of aromatic nitrogens is 3. The SMILES string of the molecule is O=C(c1ccc(-c2ncn[nH]2)cc1)N1CCCC(CCc2c(F)cccc2F)C1. The van der Waals surface area contributed by atoms with Gasteiger partial charge in [0.2, 0.25) is 0 Å². The Balaban J connectivity index is 1.38. The normalized spacial score (nSPS) is 16.8. The van der Waals surface area contributed by atoms with Gasteiger partial charge in [-0.2, -0.15) is 5.10 Å². The van der Waals surface area contributed by atoms with Crippen LogP contribution in [0.3, 0.4) is 0 Å². The lowest BCUT2D eigenvalue weighted by molar-refractivity contribution is 0.0668. The molecule has 1 aromatic heterocycles. The summed E-state index contributed by atoms with van der Waals surface area (Å²) >= 11 is 0. The molecular weight excluding hydrogens is 374 g/mol. The number of rotatable bonds is 5. The number of hydrogen-bond donors (Lipinski definition) is 1. The van der Waals surface area contributed by atoms with E-state index in [0.29, 0.717) is 37.3 Å². The highest BCUT2D eigenvalue weighted by Gasteiger charge is 2.25. The summed E-state index contributed by atoms with van der Waals surface area (Å²) in [5.74, 6) is -0.125. The van der Waals surface area contributed by atoms with E-state index in [4.69, 9.17) is 0 Å². The third-order valence-electron chi connectivity index (χ3n) is 5.49. The van der Waals surface area contributed by atoms with Crippen molar-refractivity contribution < 1.29 is 13.6 Å². The van der Waals surface area contributed by atoms with Gasteiger partial charge in [0, 0.05) is 29.8 Å². The number of hydrogen-bond acceptors (Lipinski definition) is 3. The van der Waals surface area contributed by atoms with Crippen molar-refractivity contribution in [1.29, 1.82) is 0 Å². The zero-order valence-electron chi connectivity index (χ0n) is 15.9. The van der Waals surface area contributed by atoms with Crippen molar-refractivity contribution in [3.05, 3.63) is 71.6 Å². The molecule has 1 fully saturated rings. The van der Waals surface area contributed by atoms with Gasteiger partial charge in [0.1, 0.15) is 18.0 Å². The Morgan fingerprint density at radius 2 is 1.90 bits per heavy atom. The van der Waals surface area contributed by atoms with Crippen LogP contribution in [0.5, 0.6) is 0 Å². The van der Waals surface area contributed by atoms with Gasteiger partial charge in [0.15, 0.2) is 5.82 Å². The van der Waals surface area contributed by atoms with Crippen molar-refractivity contribution in [3.63, 3.8) is 0 Å². The fraction of sp³-hybridized carbons (Fsp3) is 0.318. The fourth-order valence-electron chi connectivity index (χ4n) is 3.90. The van der Waals surface area contributed by atoms with Crippen molar-refractivity contribution in [2.24, 2.45) is 5.92 Å². The van der Waals surface area contributed by atoms with E-state index in [1.165, 1.54) is 24.5 Å². The molecule has 4 rings (SSSR count). The van der Waals surface area contributed by atoms with E-state index in [-0.39, 0.29) is 17.4 Å². The molecule has 1 unspecified atom stereocenters. The minimum atomic E-state index is -0.499. The van der Waals surface area contributed by atoms with Gasteiger partial charge in [-0.05, 0) is 55.9 Å². The van der Waals surface area contributed by atoms with Gasteiger partial charge >= 0.3 is 0 Å². The Hall–Kier alpha value is -3.09. The summed E-state index contributed by atoms with van der Waals surface area (Å²) in [5.41, 5.74) is 1.62. The Labute approximate surface area is 167 Å².